The van der Waals surface area contributed by atoms with Gasteiger partial charge in [-0.1, -0.05) is 17.7 Å². The summed E-state index contributed by atoms with van der Waals surface area (Å²) in [6, 6.07) is 6.98. The third-order valence-corrected chi connectivity index (χ3v) is 2.06. The van der Waals surface area contributed by atoms with Crippen LogP contribution in [0.1, 0.15) is 13.8 Å². The first-order valence-electron chi connectivity index (χ1n) is 4.83. The van der Waals surface area contributed by atoms with Crippen molar-refractivity contribution in [3.05, 3.63) is 29.3 Å². The molecule has 1 rings (SSSR count). The number of amides is 1. The maximum absolute atomic E-state index is 11.4. The highest BCUT2D eigenvalue weighted by Crippen LogP contribution is 2.18. The van der Waals surface area contributed by atoms with Gasteiger partial charge in [-0.25, -0.2) is 0 Å². The van der Waals surface area contributed by atoms with E-state index in [2.05, 4.69) is 5.32 Å². The fourth-order valence-electron chi connectivity index (χ4n) is 1.12. The Kier molecular flexibility index (Phi) is 4.43. The molecule has 1 atom stereocenters. The number of carbonyl (C=O) groups is 1. The number of likely N-dealkylation sites (N-methyl/N-ethyl adjacent to an activating group) is 1. The van der Waals surface area contributed by atoms with Crippen molar-refractivity contribution in [2.75, 3.05) is 6.54 Å². The smallest absolute Gasteiger partial charge is 0.260 e. The van der Waals surface area contributed by atoms with Gasteiger partial charge in [0.2, 0.25) is 0 Å². The first-order chi connectivity index (χ1) is 7.13. The number of halogens is 1. The lowest BCUT2D eigenvalue weighted by molar-refractivity contribution is -0.127. The maximum atomic E-state index is 11.4. The molecule has 1 amide bonds. The highest BCUT2D eigenvalue weighted by molar-refractivity contribution is 6.30. The summed E-state index contributed by atoms with van der Waals surface area (Å²) in [5, 5.41) is 3.28. The van der Waals surface area contributed by atoms with Crippen molar-refractivity contribution in [1.29, 1.82) is 0 Å². The predicted molar refractivity (Wildman–Crippen MR) is 60.2 cm³/mol. The Bertz CT molecular complexity index is 341. The minimum absolute atomic E-state index is 0.127. The number of nitrogens with one attached hydrogen (secondary N) is 1. The molecule has 0 fully saturated rings. The van der Waals surface area contributed by atoms with Gasteiger partial charge in [0.1, 0.15) is 5.75 Å². The lowest BCUT2D eigenvalue weighted by Gasteiger charge is -2.13. The highest BCUT2D eigenvalue weighted by atomic mass is 35.5. The Hall–Kier alpha value is -1.22. The summed E-state index contributed by atoms with van der Waals surface area (Å²) in [5.74, 6) is 0.471. The van der Waals surface area contributed by atoms with Crippen molar-refractivity contribution in [1.82, 2.24) is 5.32 Å². The zero-order valence-electron chi connectivity index (χ0n) is 8.79. The molecule has 0 aliphatic rings. The van der Waals surface area contributed by atoms with Crippen LogP contribution in [0.25, 0.3) is 0 Å². The molecule has 0 aliphatic carbocycles. The molecule has 1 N–H and O–H groups in total. The van der Waals surface area contributed by atoms with E-state index in [0.717, 1.165) is 0 Å². The molecule has 0 bridgehead atoms. The van der Waals surface area contributed by atoms with E-state index in [4.69, 9.17) is 16.3 Å². The Morgan fingerprint density at radius 2 is 2.33 bits per heavy atom. The summed E-state index contributed by atoms with van der Waals surface area (Å²) >= 11 is 5.79. The number of benzene rings is 1. The number of ether oxygens (including phenoxy) is 1. The zero-order chi connectivity index (χ0) is 11.3. The standard InChI is InChI=1S/C11H14ClNO2/c1-3-13-11(14)8(2)15-10-6-4-5-9(12)7-10/h4-8H,3H2,1-2H3,(H,13,14)/t8-/m1/s1. The molecule has 0 saturated carbocycles. The van der Waals surface area contributed by atoms with Gasteiger partial charge in [0.05, 0.1) is 0 Å². The largest absolute Gasteiger partial charge is 0.481 e. The third kappa shape index (κ3) is 3.80. The monoisotopic (exact) mass is 227 g/mol. The van der Waals surface area contributed by atoms with E-state index in [1.807, 2.05) is 6.92 Å². The summed E-state index contributed by atoms with van der Waals surface area (Å²) in [5.41, 5.74) is 0. The van der Waals surface area contributed by atoms with Crippen LogP contribution in [0, 0.1) is 0 Å². The van der Waals surface area contributed by atoms with Crippen LogP contribution in [0.15, 0.2) is 24.3 Å². The molecule has 1 aromatic rings. The minimum atomic E-state index is -0.511. The van der Waals surface area contributed by atoms with Crippen LogP contribution in [0.4, 0.5) is 0 Å². The van der Waals surface area contributed by atoms with Crippen LogP contribution in [0.2, 0.25) is 5.02 Å². The van der Waals surface area contributed by atoms with Gasteiger partial charge in [0.25, 0.3) is 5.91 Å². The molecular weight excluding hydrogens is 214 g/mol. The van der Waals surface area contributed by atoms with E-state index < -0.39 is 6.10 Å². The van der Waals surface area contributed by atoms with E-state index in [1.165, 1.54) is 0 Å². The molecule has 15 heavy (non-hydrogen) atoms. The fraction of sp³-hybridized carbons (Fsp3) is 0.364. The van der Waals surface area contributed by atoms with Crippen LogP contribution in [0.3, 0.4) is 0 Å². The van der Waals surface area contributed by atoms with E-state index in [1.54, 1.807) is 31.2 Å². The molecule has 4 heteroatoms. The Balaban J connectivity index is 2.58. The van der Waals surface area contributed by atoms with E-state index in [-0.39, 0.29) is 5.91 Å². The Morgan fingerprint density at radius 1 is 1.60 bits per heavy atom. The van der Waals surface area contributed by atoms with Crippen molar-refractivity contribution >= 4 is 17.5 Å². The second-order valence-corrected chi connectivity index (χ2v) is 3.55. The molecule has 82 valence electrons. The SMILES string of the molecule is CCNC(=O)[C@@H](C)Oc1cccc(Cl)c1. The second-order valence-electron chi connectivity index (χ2n) is 3.11. The van der Waals surface area contributed by atoms with Crippen molar-refractivity contribution in [2.24, 2.45) is 0 Å². The van der Waals surface area contributed by atoms with Gasteiger partial charge >= 0.3 is 0 Å². The normalized spacial score (nSPS) is 11.9. The molecule has 0 saturated heterocycles. The molecule has 0 spiro atoms. The van der Waals surface area contributed by atoms with Crippen molar-refractivity contribution < 1.29 is 9.53 Å². The van der Waals surface area contributed by atoms with Crippen molar-refractivity contribution in [3.8, 4) is 5.75 Å². The number of rotatable bonds is 4. The van der Waals surface area contributed by atoms with Crippen LogP contribution in [-0.4, -0.2) is 18.6 Å². The average Bonchev–Trinajstić information content (AvgIpc) is 2.18. The van der Waals surface area contributed by atoms with E-state index in [9.17, 15) is 4.79 Å². The van der Waals surface area contributed by atoms with Crippen molar-refractivity contribution in [2.45, 2.75) is 20.0 Å². The summed E-state index contributed by atoms with van der Waals surface area (Å²) in [6.07, 6.45) is -0.511. The van der Waals surface area contributed by atoms with Crippen LogP contribution in [-0.2, 0) is 4.79 Å². The quantitative estimate of drug-likeness (QED) is 0.857. The van der Waals surface area contributed by atoms with Gasteiger partial charge in [-0.3, -0.25) is 4.79 Å². The number of hydrogen-bond acceptors (Lipinski definition) is 2. The minimum Gasteiger partial charge on any atom is -0.481 e. The van der Waals surface area contributed by atoms with Gasteiger partial charge < -0.3 is 10.1 Å². The lowest BCUT2D eigenvalue weighted by Crippen LogP contribution is -2.36. The Labute approximate surface area is 94.4 Å². The van der Waals surface area contributed by atoms with Crippen LogP contribution in [0.5, 0.6) is 5.75 Å². The average molecular weight is 228 g/mol. The van der Waals surface area contributed by atoms with Gasteiger partial charge in [-0.05, 0) is 32.0 Å². The van der Waals surface area contributed by atoms with Crippen LogP contribution >= 0.6 is 11.6 Å². The lowest BCUT2D eigenvalue weighted by atomic mass is 10.3. The fourth-order valence-corrected chi connectivity index (χ4v) is 1.30. The molecule has 0 aromatic heterocycles. The summed E-state index contributed by atoms with van der Waals surface area (Å²) in [4.78, 5) is 11.4. The van der Waals surface area contributed by atoms with Gasteiger partial charge in [-0.2, -0.15) is 0 Å². The predicted octanol–water partition coefficient (Wildman–Crippen LogP) is 2.24. The third-order valence-electron chi connectivity index (χ3n) is 1.83. The zero-order valence-corrected chi connectivity index (χ0v) is 9.54. The Morgan fingerprint density at radius 3 is 2.93 bits per heavy atom. The molecule has 3 nitrogen and oxygen atoms in total. The number of carbonyl (C=O) groups excluding carboxylic acids is 1. The summed E-state index contributed by atoms with van der Waals surface area (Å²) < 4.78 is 5.41. The van der Waals surface area contributed by atoms with Crippen molar-refractivity contribution in [3.63, 3.8) is 0 Å². The molecule has 0 heterocycles. The molecule has 0 unspecified atom stereocenters. The van der Waals surface area contributed by atoms with E-state index in [0.29, 0.717) is 17.3 Å². The van der Waals surface area contributed by atoms with Gasteiger partial charge in [0.15, 0.2) is 6.10 Å². The molecule has 1 aromatic carbocycles. The molecule has 0 aliphatic heterocycles. The topological polar surface area (TPSA) is 38.3 Å². The molecule has 0 radical (unpaired) electrons. The summed E-state index contributed by atoms with van der Waals surface area (Å²) in [6.45, 7) is 4.16. The highest BCUT2D eigenvalue weighted by Gasteiger charge is 2.13. The van der Waals surface area contributed by atoms with Gasteiger partial charge in [-0.15, -0.1) is 0 Å². The second kappa shape index (κ2) is 5.61. The first-order valence-corrected chi connectivity index (χ1v) is 5.21. The summed E-state index contributed by atoms with van der Waals surface area (Å²) in [7, 11) is 0. The maximum Gasteiger partial charge on any atom is 0.260 e. The van der Waals surface area contributed by atoms with Crippen LogP contribution < -0.4 is 10.1 Å². The number of hydrogen-bond donors (Lipinski definition) is 1. The van der Waals surface area contributed by atoms with E-state index >= 15 is 0 Å². The first kappa shape index (κ1) is 11.9. The van der Waals surface area contributed by atoms with Gasteiger partial charge in [0, 0.05) is 11.6 Å². The molecular formula is C11H14ClNO2.